The summed E-state index contributed by atoms with van der Waals surface area (Å²) in [7, 11) is 0. The van der Waals surface area contributed by atoms with E-state index in [-0.39, 0.29) is 11.9 Å². The lowest BCUT2D eigenvalue weighted by molar-refractivity contribution is -0.136. The molecule has 0 unspecified atom stereocenters. The maximum atomic E-state index is 13.0. The quantitative estimate of drug-likeness (QED) is 0.517. The zero-order valence-corrected chi connectivity index (χ0v) is 20.5. The van der Waals surface area contributed by atoms with Gasteiger partial charge < -0.3 is 10.2 Å². The van der Waals surface area contributed by atoms with Gasteiger partial charge in [-0.1, -0.05) is 47.5 Å². The molecule has 172 valence electrons. The van der Waals surface area contributed by atoms with Crippen molar-refractivity contribution in [1.29, 1.82) is 0 Å². The zero-order valence-electron chi connectivity index (χ0n) is 18.9. The predicted octanol–water partition coefficient (Wildman–Crippen LogP) is 5.71. The Bertz CT molecular complexity index is 1240. The SMILES string of the molecule is C[C@H](c1ccc(Cl)cc1Cl)n1ncc2ccc(C3=CCN(C(=O)[C@@]4(C)CCCN4)CC3)cc21. The van der Waals surface area contributed by atoms with E-state index in [1.807, 2.05) is 34.8 Å². The largest absolute Gasteiger partial charge is 0.337 e. The molecule has 5 nitrogen and oxygen atoms in total. The van der Waals surface area contributed by atoms with Crippen LogP contribution in [0.25, 0.3) is 16.5 Å². The third-order valence-electron chi connectivity index (χ3n) is 7.09. The molecule has 1 saturated heterocycles. The van der Waals surface area contributed by atoms with Gasteiger partial charge in [0.2, 0.25) is 5.91 Å². The second-order valence-electron chi connectivity index (χ2n) is 9.30. The van der Waals surface area contributed by atoms with Crippen molar-refractivity contribution in [2.45, 2.75) is 44.7 Å². The van der Waals surface area contributed by atoms with E-state index in [1.54, 1.807) is 6.07 Å². The first-order valence-electron chi connectivity index (χ1n) is 11.5. The number of aromatic nitrogens is 2. The van der Waals surface area contributed by atoms with Gasteiger partial charge in [0.25, 0.3) is 0 Å². The lowest BCUT2D eigenvalue weighted by Gasteiger charge is -2.34. The molecule has 3 heterocycles. The summed E-state index contributed by atoms with van der Waals surface area (Å²) in [6.07, 6.45) is 6.91. The fourth-order valence-corrected chi connectivity index (χ4v) is 5.63. The van der Waals surface area contributed by atoms with Crippen molar-refractivity contribution < 1.29 is 4.79 Å². The molecule has 2 atom stereocenters. The van der Waals surface area contributed by atoms with Crippen LogP contribution in [0.3, 0.4) is 0 Å². The van der Waals surface area contributed by atoms with Gasteiger partial charge in [-0.05, 0) is 74.6 Å². The van der Waals surface area contributed by atoms with Gasteiger partial charge in [0.15, 0.2) is 0 Å². The highest BCUT2D eigenvalue weighted by molar-refractivity contribution is 6.35. The molecule has 5 rings (SSSR count). The number of hydrogen-bond donors (Lipinski definition) is 1. The molecule has 2 aliphatic rings. The highest BCUT2D eigenvalue weighted by Crippen LogP contribution is 2.32. The summed E-state index contributed by atoms with van der Waals surface area (Å²) < 4.78 is 2.01. The number of amides is 1. The highest BCUT2D eigenvalue weighted by atomic mass is 35.5. The number of halogens is 2. The van der Waals surface area contributed by atoms with Crippen molar-refractivity contribution in [3.63, 3.8) is 0 Å². The molecule has 2 aromatic carbocycles. The Hall–Kier alpha value is -2.34. The molecule has 1 aromatic heterocycles. The minimum atomic E-state index is -0.407. The Kier molecular flexibility index (Phi) is 5.98. The van der Waals surface area contributed by atoms with Crippen LogP contribution < -0.4 is 5.32 Å². The van der Waals surface area contributed by atoms with E-state index in [9.17, 15) is 4.79 Å². The van der Waals surface area contributed by atoms with E-state index in [1.165, 1.54) is 11.1 Å². The number of carbonyl (C=O) groups is 1. The molecule has 7 heteroatoms. The van der Waals surface area contributed by atoms with Crippen LogP contribution in [0.4, 0.5) is 0 Å². The van der Waals surface area contributed by atoms with E-state index < -0.39 is 5.54 Å². The number of carbonyl (C=O) groups excluding carboxylic acids is 1. The number of hydrogen-bond acceptors (Lipinski definition) is 3. The molecule has 1 fully saturated rings. The molecule has 0 bridgehead atoms. The second-order valence-corrected chi connectivity index (χ2v) is 10.1. The third-order valence-corrected chi connectivity index (χ3v) is 7.65. The van der Waals surface area contributed by atoms with Crippen molar-refractivity contribution >= 4 is 45.6 Å². The van der Waals surface area contributed by atoms with Crippen molar-refractivity contribution in [3.8, 4) is 0 Å². The lowest BCUT2D eigenvalue weighted by Crippen LogP contribution is -2.53. The summed E-state index contributed by atoms with van der Waals surface area (Å²) in [6, 6.07) is 12.0. The second kappa shape index (κ2) is 8.79. The van der Waals surface area contributed by atoms with Crippen molar-refractivity contribution in [2.24, 2.45) is 0 Å². The maximum Gasteiger partial charge on any atom is 0.242 e. The van der Waals surface area contributed by atoms with Gasteiger partial charge in [-0.2, -0.15) is 5.10 Å². The number of benzene rings is 2. The van der Waals surface area contributed by atoms with Gasteiger partial charge in [0.05, 0.1) is 23.3 Å². The monoisotopic (exact) mass is 482 g/mol. The minimum Gasteiger partial charge on any atom is -0.337 e. The highest BCUT2D eigenvalue weighted by Gasteiger charge is 2.39. The molecule has 0 saturated carbocycles. The molecule has 33 heavy (non-hydrogen) atoms. The van der Waals surface area contributed by atoms with E-state index >= 15 is 0 Å². The topological polar surface area (TPSA) is 50.2 Å². The average molecular weight is 483 g/mol. The molecule has 1 amide bonds. The first-order valence-corrected chi connectivity index (χ1v) is 12.3. The van der Waals surface area contributed by atoms with Gasteiger partial charge in [0.1, 0.15) is 0 Å². The van der Waals surface area contributed by atoms with Crippen molar-refractivity contribution in [3.05, 3.63) is 69.8 Å². The van der Waals surface area contributed by atoms with Gasteiger partial charge >= 0.3 is 0 Å². The summed E-state index contributed by atoms with van der Waals surface area (Å²) in [5.41, 5.74) is 4.09. The van der Waals surface area contributed by atoms with Gasteiger partial charge in [0, 0.05) is 28.5 Å². The fraction of sp³-hybridized carbons (Fsp3) is 0.385. The Morgan fingerprint density at radius 3 is 2.76 bits per heavy atom. The van der Waals surface area contributed by atoms with Crippen LogP contribution in [0, 0.1) is 0 Å². The summed E-state index contributed by atoms with van der Waals surface area (Å²) in [4.78, 5) is 15.0. The number of nitrogens with zero attached hydrogens (tertiary/aromatic N) is 3. The summed E-state index contributed by atoms with van der Waals surface area (Å²) >= 11 is 12.6. The summed E-state index contributed by atoms with van der Waals surface area (Å²) in [6.45, 7) is 6.44. The fourth-order valence-electron chi connectivity index (χ4n) is 5.06. The van der Waals surface area contributed by atoms with Crippen LogP contribution >= 0.6 is 23.2 Å². The normalized spacial score (nSPS) is 21.9. The molecular weight excluding hydrogens is 455 g/mol. The predicted molar refractivity (Wildman–Crippen MR) is 135 cm³/mol. The number of rotatable bonds is 4. The molecule has 2 aliphatic heterocycles. The third kappa shape index (κ3) is 4.18. The molecule has 3 aromatic rings. The first-order chi connectivity index (χ1) is 15.9. The van der Waals surface area contributed by atoms with Crippen molar-refractivity contribution in [2.75, 3.05) is 19.6 Å². The molecule has 0 radical (unpaired) electrons. The van der Waals surface area contributed by atoms with Gasteiger partial charge in [-0.15, -0.1) is 0 Å². The van der Waals surface area contributed by atoms with Crippen LogP contribution in [0.15, 0.2) is 48.7 Å². The van der Waals surface area contributed by atoms with Crippen LogP contribution in [0.1, 0.15) is 50.3 Å². The average Bonchev–Trinajstić information content (AvgIpc) is 3.45. The molecule has 1 N–H and O–H groups in total. The lowest BCUT2D eigenvalue weighted by atomic mass is 9.95. The van der Waals surface area contributed by atoms with E-state index in [0.717, 1.165) is 48.8 Å². The van der Waals surface area contributed by atoms with Crippen LogP contribution in [0.5, 0.6) is 0 Å². The van der Waals surface area contributed by atoms with Gasteiger partial charge in [-0.3, -0.25) is 9.48 Å². The Morgan fingerprint density at radius 2 is 2.06 bits per heavy atom. The number of fused-ring (bicyclic) bond motifs is 1. The van der Waals surface area contributed by atoms with Crippen molar-refractivity contribution in [1.82, 2.24) is 20.0 Å². The van der Waals surface area contributed by atoms with Crippen LogP contribution in [0.2, 0.25) is 10.0 Å². The smallest absolute Gasteiger partial charge is 0.242 e. The summed E-state index contributed by atoms with van der Waals surface area (Å²) in [5.74, 6) is 0.220. The Morgan fingerprint density at radius 1 is 1.21 bits per heavy atom. The Labute approximate surface area is 204 Å². The summed E-state index contributed by atoms with van der Waals surface area (Å²) in [5, 5.41) is 10.4. The van der Waals surface area contributed by atoms with Crippen LogP contribution in [-0.2, 0) is 4.79 Å². The number of nitrogens with one attached hydrogen (secondary N) is 1. The van der Waals surface area contributed by atoms with E-state index in [0.29, 0.717) is 16.6 Å². The van der Waals surface area contributed by atoms with Crippen LogP contribution in [-0.4, -0.2) is 45.8 Å². The van der Waals surface area contributed by atoms with E-state index in [4.69, 9.17) is 23.2 Å². The Balaban J connectivity index is 1.40. The molecule has 0 aliphatic carbocycles. The minimum absolute atomic E-state index is 0.0318. The molecular formula is C26H28Cl2N4O. The first kappa shape index (κ1) is 22.5. The standard InChI is InChI=1S/C26H28Cl2N4O/c1-17(22-7-6-21(27)15-23(22)28)32-24-14-19(4-5-20(24)16-30-32)18-8-12-31(13-9-18)25(33)26(2)10-3-11-29-26/h4-8,14-17,29H,3,9-13H2,1-2H3/t17-,26-/m1/s1. The zero-order chi connectivity index (χ0) is 23.2. The van der Waals surface area contributed by atoms with E-state index in [2.05, 4.69) is 41.6 Å². The molecule has 0 spiro atoms. The van der Waals surface area contributed by atoms with Gasteiger partial charge in [-0.25, -0.2) is 0 Å². The maximum absolute atomic E-state index is 13.0.